The molecule has 0 saturated heterocycles. The number of unbranched alkanes of at least 4 members (excludes halogenated alkanes) is 3. The fourth-order valence-corrected chi connectivity index (χ4v) is 18.0. The Kier molecular flexibility index (Phi) is 11.3. The van der Waals surface area contributed by atoms with Crippen molar-refractivity contribution in [2.24, 2.45) is 0 Å². The molecule has 0 amide bonds. The van der Waals surface area contributed by atoms with Gasteiger partial charge in [0.05, 0.1) is 13.7 Å². The van der Waals surface area contributed by atoms with Gasteiger partial charge in [-0.2, -0.15) is 0 Å². The first-order valence-electron chi connectivity index (χ1n) is 23.4. The summed E-state index contributed by atoms with van der Waals surface area (Å²) in [6.45, 7) is 29.3. The Bertz CT molecular complexity index is 2130. The van der Waals surface area contributed by atoms with E-state index < -0.39 is 8.07 Å². The molecular weight excluding hydrogens is 729 g/mol. The first kappa shape index (κ1) is 42.2. The van der Waals surface area contributed by atoms with Gasteiger partial charge in [0.15, 0.2) is 0 Å². The molecule has 4 aromatic carbocycles. The maximum absolute atomic E-state index is 6.15. The van der Waals surface area contributed by atoms with Gasteiger partial charge in [0.2, 0.25) is 0 Å². The molecule has 2 atom stereocenters. The Labute approximate surface area is 360 Å². The van der Waals surface area contributed by atoms with E-state index in [1.54, 1.807) is 66.8 Å². The first-order valence-corrected chi connectivity index (χ1v) is 26.3. The minimum Gasteiger partial charge on any atom is -0.376 e. The fourth-order valence-electron chi connectivity index (χ4n) is 11.9. The highest BCUT2D eigenvalue weighted by molar-refractivity contribution is 6.83. The summed E-state index contributed by atoms with van der Waals surface area (Å²) in [5.74, 6) is 0. The maximum Gasteiger partial charge on any atom is 0.0751 e. The molecule has 2 heteroatoms. The van der Waals surface area contributed by atoms with Gasteiger partial charge in [0.25, 0.3) is 0 Å². The number of fused-ring (bicyclic) bond motifs is 4. The average molecular weight is 803 g/mol. The number of hydrogen-bond donors (Lipinski definition) is 0. The highest BCUT2D eigenvalue weighted by Crippen LogP contribution is 2.58. The zero-order chi connectivity index (χ0) is 42.1. The Hall–Kier alpha value is -3.46. The van der Waals surface area contributed by atoms with Gasteiger partial charge in [0, 0.05) is 17.7 Å². The molecule has 0 aliphatic heterocycles. The van der Waals surface area contributed by atoms with Gasteiger partial charge in [-0.25, -0.2) is 0 Å². The van der Waals surface area contributed by atoms with Crippen molar-refractivity contribution in [3.63, 3.8) is 0 Å². The molecule has 4 aliphatic rings. The molecular formula is C57H74OSi. The Balaban J connectivity index is 1.24. The highest BCUT2D eigenvalue weighted by Gasteiger charge is 2.51. The summed E-state index contributed by atoms with van der Waals surface area (Å²) in [5, 5.41) is 0. The van der Waals surface area contributed by atoms with Crippen LogP contribution in [0.15, 0.2) is 71.8 Å². The molecule has 1 nitrogen and oxygen atoms in total. The quantitative estimate of drug-likeness (QED) is 0.108. The molecule has 4 aliphatic carbocycles. The second-order valence-corrected chi connectivity index (χ2v) is 27.1. The van der Waals surface area contributed by atoms with Gasteiger partial charge in [-0.1, -0.05) is 157 Å². The van der Waals surface area contributed by atoms with Crippen molar-refractivity contribution >= 4 is 20.2 Å². The second-order valence-electron chi connectivity index (χ2n) is 22.4. The van der Waals surface area contributed by atoms with Crippen LogP contribution in [-0.4, -0.2) is 20.3 Å². The number of rotatable bonds is 11. The molecule has 0 bridgehead atoms. The molecule has 59 heavy (non-hydrogen) atoms. The third kappa shape index (κ3) is 8.07. The maximum atomic E-state index is 6.15. The zero-order valence-corrected chi connectivity index (χ0v) is 40.0. The van der Waals surface area contributed by atoms with E-state index in [9.17, 15) is 0 Å². The normalized spacial score (nSPS) is 19.6. The van der Waals surface area contributed by atoms with E-state index in [1.807, 2.05) is 0 Å². The smallest absolute Gasteiger partial charge is 0.0751 e. The van der Waals surface area contributed by atoms with E-state index >= 15 is 0 Å². The number of benzene rings is 4. The van der Waals surface area contributed by atoms with Gasteiger partial charge in [0.1, 0.15) is 0 Å². The molecule has 0 heterocycles. The molecule has 0 radical (unpaired) electrons. The van der Waals surface area contributed by atoms with Crippen LogP contribution in [0.2, 0.25) is 12.6 Å². The summed E-state index contributed by atoms with van der Waals surface area (Å²) in [7, 11) is -2.16. The largest absolute Gasteiger partial charge is 0.376 e. The topological polar surface area (TPSA) is 9.23 Å². The third-order valence-corrected chi connectivity index (χ3v) is 20.4. The molecule has 0 saturated carbocycles. The third-order valence-electron chi connectivity index (χ3n) is 14.8. The SMILES string of the molecule is CC1=Cc2c(cc3c(c2-c2ccc(C(C)(C)C)cc2)CCC3)C1[Si](C)(CCCCCCOC(C)(C)C)C1C(C)=Cc2c1cc1c(c2-c2ccc(C(C)(C)C)cc2)CCC1. The van der Waals surface area contributed by atoms with Crippen LogP contribution in [0.4, 0.5) is 0 Å². The number of aryl methyl sites for hydroxylation is 2. The highest BCUT2D eigenvalue weighted by atomic mass is 28.3. The molecule has 8 rings (SSSR count). The molecule has 0 fully saturated rings. The van der Waals surface area contributed by atoms with Crippen LogP contribution in [0, 0.1) is 0 Å². The Morgan fingerprint density at radius 2 is 0.983 bits per heavy atom. The van der Waals surface area contributed by atoms with Crippen molar-refractivity contribution in [1.29, 1.82) is 0 Å². The molecule has 0 spiro atoms. The van der Waals surface area contributed by atoms with E-state index in [-0.39, 0.29) is 16.4 Å². The van der Waals surface area contributed by atoms with Crippen LogP contribution >= 0.6 is 0 Å². The lowest BCUT2D eigenvalue weighted by Crippen LogP contribution is -2.45. The molecule has 0 aromatic heterocycles. The van der Waals surface area contributed by atoms with Crippen molar-refractivity contribution in [3.05, 3.63) is 127 Å². The van der Waals surface area contributed by atoms with Crippen LogP contribution in [0.5, 0.6) is 0 Å². The van der Waals surface area contributed by atoms with Gasteiger partial charge in [-0.15, -0.1) is 0 Å². The fraction of sp³-hybridized carbons (Fsp3) is 0.509. The molecule has 2 unspecified atom stereocenters. The summed E-state index contributed by atoms with van der Waals surface area (Å²) in [6.07, 6.45) is 17.7. The van der Waals surface area contributed by atoms with Gasteiger partial charge in [-0.3, -0.25) is 0 Å². The summed E-state index contributed by atoms with van der Waals surface area (Å²) in [6, 6.07) is 26.2. The van der Waals surface area contributed by atoms with Gasteiger partial charge >= 0.3 is 0 Å². The minimum absolute atomic E-state index is 0.0632. The predicted molar refractivity (Wildman–Crippen MR) is 259 cm³/mol. The van der Waals surface area contributed by atoms with Crippen molar-refractivity contribution < 1.29 is 4.74 Å². The standard InChI is InChI=1S/C57H74OSi/c1-37-33-47-49(35-41-19-17-21-45(41)51(47)39-23-27-43(28-24-39)55(3,4)5)53(37)59(12,32-16-14-13-15-31-58-57(9,10)11)54-38(2)34-48-50(54)36-42-20-18-22-46(42)52(48)40-25-29-44(30-26-40)56(6,7)8/h23-30,33-36,53-54H,13-22,31-32H2,1-12H3. The van der Waals surface area contributed by atoms with E-state index in [0.717, 1.165) is 13.0 Å². The van der Waals surface area contributed by atoms with Crippen LogP contribution in [0.25, 0.3) is 34.4 Å². The van der Waals surface area contributed by atoms with E-state index in [4.69, 9.17) is 4.74 Å². The Morgan fingerprint density at radius 1 is 0.559 bits per heavy atom. The van der Waals surface area contributed by atoms with Crippen LogP contribution in [0.3, 0.4) is 0 Å². The van der Waals surface area contributed by atoms with Crippen molar-refractivity contribution in [3.8, 4) is 22.3 Å². The lowest BCUT2D eigenvalue weighted by atomic mass is 9.84. The zero-order valence-electron chi connectivity index (χ0n) is 39.0. The number of hydrogen-bond acceptors (Lipinski definition) is 1. The summed E-state index contributed by atoms with van der Waals surface area (Å²) in [4.78, 5) is 0. The lowest BCUT2D eigenvalue weighted by molar-refractivity contribution is -0.00471. The Morgan fingerprint density at radius 3 is 1.39 bits per heavy atom. The van der Waals surface area contributed by atoms with E-state index in [1.165, 1.54) is 86.1 Å². The first-order chi connectivity index (χ1) is 27.8. The summed E-state index contributed by atoms with van der Waals surface area (Å²) >= 11 is 0. The summed E-state index contributed by atoms with van der Waals surface area (Å²) in [5.41, 5.74) is 26.1. The van der Waals surface area contributed by atoms with Crippen molar-refractivity contribution in [1.82, 2.24) is 0 Å². The van der Waals surface area contributed by atoms with Crippen LogP contribution < -0.4 is 0 Å². The number of ether oxygens (including phenoxy) is 1. The molecule has 4 aromatic rings. The van der Waals surface area contributed by atoms with Crippen LogP contribution in [0.1, 0.15) is 181 Å². The van der Waals surface area contributed by atoms with Gasteiger partial charge in [-0.05, 0) is 168 Å². The second kappa shape index (κ2) is 15.8. The van der Waals surface area contributed by atoms with Gasteiger partial charge < -0.3 is 4.74 Å². The van der Waals surface area contributed by atoms with E-state index in [2.05, 4.69) is 156 Å². The van der Waals surface area contributed by atoms with E-state index in [0.29, 0.717) is 11.1 Å². The average Bonchev–Trinajstić information content (AvgIpc) is 3.96. The molecule has 312 valence electrons. The van der Waals surface area contributed by atoms with Crippen LogP contribution in [-0.2, 0) is 41.3 Å². The van der Waals surface area contributed by atoms with Crippen molar-refractivity contribution in [2.75, 3.05) is 6.61 Å². The predicted octanol–water partition coefficient (Wildman–Crippen LogP) is 15.8. The number of allylic oxidation sites excluding steroid dienone is 2. The summed E-state index contributed by atoms with van der Waals surface area (Å²) < 4.78 is 6.15. The molecule has 0 N–H and O–H groups in total. The lowest BCUT2D eigenvalue weighted by Gasteiger charge is -2.43. The minimum atomic E-state index is -2.16. The monoisotopic (exact) mass is 803 g/mol. The van der Waals surface area contributed by atoms with Crippen molar-refractivity contribution in [2.45, 2.75) is 180 Å².